The lowest BCUT2D eigenvalue weighted by Gasteiger charge is -2.34. The maximum atomic E-state index is 12.2. The first-order valence-corrected chi connectivity index (χ1v) is 7.06. The highest BCUT2D eigenvalue weighted by molar-refractivity contribution is 5.95. The summed E-state index contributed by atoms with van der Waals surface area (Å²) in [7, 11) is 2.11. The Bertz CT molecular complexity index is 503. The first-order chi connectivity index (χ1) is 9.13. The third-order valence-corrected chi connectivity index (χ3v) is 4.03. The molecule has 1 fully saturated rings. The van der Waals surface area contributed by atoms with Crippen LogP contribution in [0, 0.1) is 0 Å². The molecule has 1 heterocycles. The minimum atomic E-state index is -0.156. The van der Waals surface area contributed by atoms with E-state index in [1.165, 1.54) is 19.3 Å². The van der Waals surface area contributed by atoms with E-state index in [4.69, 9.17) is 0 Å². The lowest BCUT2D eigenvalue weighted by atomic mass is 9.92. The van der Waals surface area contributed by atoms with Gasteiger partial charge in [0.05, 0.1) is 5.56 Å². The van der Waals surface area contributed by atoms with Crippen LogP contribution in [0.3, 0.4) is 0 Å². The van der Waals surface area contributed by atoms with Gasteiger partial charge in [-0.1, -0.05) is 13.3 Å². The van der Waals surface area contributed by atoms with Gasteiger partial charge in [-0.2, -0.15) is 0 Å². The molecule has 0 unspecified atom stereocenters. The molecule has 1 aliphatic carbocycles. The highest BCUT2D eigenvalue weighted by Crippen LogP contribution is 2.23. The lowest BCUT2D eigenvalue weighted by Crippen LogP contribution is -2.40. The van der Waals surface area contributed by atoms with Gasteiger partial charge in [0, 0.05) is 31.7 Å². The summed E-state index contributed by atoms with van der Waals surface area (Å²) in [6.45, 7) is 3.29. The zero-order valence-electron chi connectivity index (χ0n) is 11.8. The molecule has 4 nitrogen and oxygen atoms in total. The molecule has 0 aliphatic heterocycles. The van der Waals surface area contributed by atoms with Crippen molar-refractivity contribution in [1.29, 1.82) is 0 Å². The molecule has 0 radical (unpaired) electrons. The second-order valence-corrected chi connectivity index (χ2v) is 5.26. The number of carbonyl (C=O) groups excluding carboxylic acids is 1. The Labute approximate surface area is 114 Å². The van der Waals surface area contributed by atoms with Crippen LogP contribution < -0.4 is 5.56 Å². The number of Topliss-reactive ketones (excluding diaryl/α,β-unsaturated/α-hetero) is 1. The summed E-state index contributed by atoms with van der Waals surface area (Å²) in [5.41, 5.74) is 0.160. The third-order valence-electron chi connectivity index (χ3n) is 4.03. The van der Waals surface area contributed by atoms with Gasteiger partial charge in [0.25, 0.3) is 5.56 Å². The lowest BCUT2D eigenvalue weighted by molar-refractivity contribution is 0.0986. The number of hydrogen-bond donors (Lipinski definition) is 0. The maximum absolute atomic E-state index is 12.2. The molecule has 1 aromatic heterocycles. The van der Waals surface area contributed by atoms with Crippen LogP contribution in [-0.2, 0) is 6.54 Å². The van der Waals surface area contributed by atoms with Crippen molar-refractivity contribution >= 4 is 5.78 Å². The second-order valence-electron chi connectivity index (χ2n) is 5.26. The molecule has 2 rings (SSSR count). The van der Waals surface area contributed by atoms with Crippen molar-refractivity contribution in [3.05, 3.63) is 34.2 Å². The van der Waals surface area contributed by atoms with E-state index in [1.54, 1.807) is 29.8 Å². The SMILES string of the molecule is CCC(=O)c1cccn(CCN(C)C2CCC2)c1=O. The van der Waals surface area contributed by atoms with E-state index in [2.05, 4.69) is 11.9 Å². The average molecular weight is 262 g/mol. The fraction of sp³-hybridized carbons (Fsp3) is 0.600. The Balaban J connectivity index is 2.04. The number of carbonyl (C=O) groups is 1. The van der Waals surface area contributed by atoms with E-state index in [-0.39, 0.29) is 11.3 Å². The summed E-state index contributed by atoms with van der Waals surface area (Å²) in [5, 5.41) is 0. The number of nitrogens with zero attached hydrogens (tertiary/aromatic N) is 2. The maximum Gasteiger partial charge on any atom is 0.261 e. The fourth-order valence-corrected chi connectivity index (χ4v) is 2.39. The summed E-state index contributed by atoms with van der Waals surface area (Å²) in [6.07, 6.45) is 5.99. The van der Waals surface area contributed by atoms with Crippen molar-refractivity contribution in [2.75, 3.05) is 13.6 Å². The Kier molecular flexibility index (Phi) is 4.53. The van der Waals surface area contributed by atoms with Gasteiger partial charge in [0.1, 0.15) is 0 Å². The van der Waals surface area contributed by atoms with Crippen LogP contribution in [0.2, 0.25) is 0 Å². The van der Waals surface area contributed by atoms with Crippen molar-refractivity contribution in [3.8, 4) is 0 Å². The molecule has 0 amide bonds. The second kappa shape index (κ2) is 6.15. The summed E-state index contributed by atoms with van der Waals surface area (Å²) in [6, 6.07) is 4.09. The quantitative estimate of drug-likeness (QED) is 0.736. The molecule has 1 aliphatic rings. The minimum absolute atomic E-state index is 0.0771. The van der Waals surface area contributed by atoms with Crippen LogP contribution >= 0.6 is 0 Å². The van der Waals surface area contributed by atoms with Crippen molar-refractivity contribution in [2.45, 2.75) is 45.2 Å². The monoisotopic (exact) mass is 262 g/mol. The van der Waals surface area contributed by atoms with E-state index in [9.17, 15) is 9.59 Å². The predicted octanol–water partition coefficient (Wildman–Crippen LogP) is 1.93. The Morgan fingerprint density at radius 3 is 2.79 bits per heavy atom. The van der Waals surface area contributed by atoms with Gasteiger partial charge in [-0.25, -0.2) is 0 Å². The Morgan fingerprint density at radius 2 is 2.21 bits per heavy atom. The fourth-order valence-electron chi connectivity index (χ4n) is 2.39. The van der Waals surface area contributed by atoms with Crippen molar-refractivity contribution in [2.24, 2.45) is 0 Å². The largest absolute Gasteiger partial charge is 0.314 e. The summed E-state index contributed by atoms with van der Waals surface area (Å²) in [5.74, 6) is -0.0771. The van der Waals surface area contributed by atoms with Crippen LogP contribution in [-0.4, -0.2) is 34.9 Å². The molecule has 0 bridgehead atoms. The predicted molar refractivity (Wildman–Crippen MR) is 75.6 cm³/mol. The first-order valence-electron chi connectivity index (χ1n) is 7.06. The molecular formula is C15H22N2O2. The molecule has 0 N–H and O–H groups in total. The molecule has 19 heavy (non-hydrogen) atoms. The molecule has 104 valence electrons. The van der Waals surface area contributed by atoms with E-state index >= 15 is 0 Å². The van der Waals surface area contributed by atoms with Crippen LogP contribution in [0.5, 0.6) is 0 Å². The number of aromatic nitrogens is 1. The average Bonchev–Trinajstić information content (AvgIpc) is 2.34. The molecule has 1 aromatic rings. The molecule has 4 heteroatoms. The van der Waals surface area contributed by atoms with Crippen molar-refractivity contribution < 1.29 is 4.79 Å². The van der Waals surface area contributed by atoms with Gasteiger partial charge in [0.2, 0.25) is 0 Å². The number of ketones is 1. The number of pyridine rings is 1. The zero-order chi connectivity index (χ0) is 13.8. The Hall–Kier alpha value is -1.42. The van der Waals surface area contributed by atoms with Crippen LogP contribution in [0.1, 0.15) is 43.0 Å². The molecule has 1 saturated carbocycles. The van der Waals surface area contributed by atoms with Gasteiger partial charge >= 0.3 is 0 Å². The van der Waals surface area contributed by atoms with E-state index < -0.39 is 0 Å². The van der Waals surface area contributed by atoms with E-state index in [0.29, 0.717) is 24.6 Å². The van der Waals surface area contributed by atoms with Gasteiger partial charge < -0.3 is 9.47 Å². The standard InChI is InChI=1S/C15H22N2O2/c1-3-14(18)13-8-5-9-17(15(13)19)11-10-16(2)12-6-4-7-12/h5,8-9,12H,3-4,6-7,10-11H2,1-2H3. The highest BCUT2D eigenvalue weighted by Gasteiger charge is 2.21. The molecule has 0 spiro atoms. The van der Waals surface area contributed by atoms with Crippen LogP contribution in [0.4, 0.5) is 0 Å². The number of rotatable bonds is 6. The van der Waals surface area contributed by atoms with Gasteiger partial charge in [-0.05, 0) is 32.0 Å². The summed E-state index contributed by atoms with van der Waals surface area (Å²) < 4.78 is 1.65. The van der Waals surface area contributed by atoms with Crippen LogP contribution in [0.25, 0.3) is 0 Å². The first kappa shape index (κ1) is 14.0. The topological polar surface area (TPSA) is 42.3 Å². The van der Waals surface area contributed by atoms with Gasteiger partial charge in [0.15, 0.2) is 5.78 Å². The summed E-state index contributed by atoms with van der Waals surface area (Å²) in [4.78, 5) is 26.1. The number of hydrogen-bond acceptors (Lipinski definition) is 3. The van der Waals surface area contributed by atoms with Crippen molar-refractivity contribution in [1.82, 2.24) is 9.47 Å². The van der Waals surface area contributed by atoms with Crippen molar-refractivity contribution in [3.63, 3.8) is 0 Å². The smallest absolute Gasteiger partial charge is 0.261 e. The molecule has 0 aromatic carbocycles. The normalized spacial score (nSPS) is 15.5. The van der Waals surface area contributed by atoms with E-state index in [1.807, 2.05) is 0 Å². The van der Waals surface area contributed by atoms with Crippen LogP contribution in [0.15, 0.2) is 23.1 Å². The molecule has 0 saturated heterocycles. The number of likely N-dealkylation sites (N-methyl/N-ethyl adjacent to an activating group) is 1. The van der Waals surface area contributed by atoms with Gasteiger partial charge in [-0.15, -0.1) is 0 Å². The van der Waals surface area contributed by atoms with E-state index in [0.717, 1.165) is 6.54 Å². The minimum Gasteiger partial charge on any atom is -0.314 e. The molecule has 0 atom stereocenters. The molecular weight excluding hydrogens is 240 g/mol. The summed E-state index contributed by atoms with van der Waals surface area (Å²) >= 11 is 0. The third kappa shape index (κ3) is 3.13. The Morgan fingerprint density at radius 1 is 1.47 bits per heavy atom. The highest BCUT2D eigenvalue weighted by atomic mass is 16.1. The van der Waals surface area contributed by atoms with Gasteiger partial charge in [-0.3, -0.25) is 9.59 Å². The zero-order valence-corrected chi connectivity index (χ0v) is 11.8.